The van der Waals surface area contributed by atoms with Crippen molar-refractivity contribution in [1.29, 1.82) is 0 Å². The van der Waals surface area contributed by atoms with Crippen LogP contribution in [0.3, 0.4) is 0 Å². The maximum absolute atomic E-state index is 3.37. The summed E-state index contributed by atoms with van der Waals surface area (Å²) in [6.07, 6.45) is 0. The van der Waals surface area contributed by atoms with Gasteiger partial charge in [-0.1, -0.05) is 54.1 Å². The lowest BCUT2D eigenvalue weighted by atomic mass is 10.1. The van der Waals surface area contributed by atoms with Crippen LogP contribution in [0.25, 0.3) is 0 Å². The van der Waals surface area contributed by atoms with Gasteiger partial charge in [-0.25, -0.2) is 0 Å². The smallest absolute Gasteiger partial charge is 0.0237 e. The highest BCUT2D eigenvalue weighted by atomic mass is 15.2. The molecule has 0 saturated carbocycles. The van der Waals surface area contributed by atoms with E-state index in [0.717, 1.165) is 39.3 Å². The minimum Gasteiger partial charge on any atom is -0.314 e. The van der Waals surface area contributed by atoms with Crippen LogP contribution in [0, 0.1) is 13.8 Å². The lowest BCUT2D eigenvalue weighted by Gasteiger charge is -2.27. The standard InChI is InChI=1S/2C12H18N2/c1-11-3-2-4-12(9-11)10-14-7-5-13-6-8-14;1-11-4-2-3-5-12(11)10-14-8-6-13-7-9-14/h2-4,9,13H,5-8,10H2,1H3;2-5,13H,6-10H2,1H3. The number of hydrogen-bond donors (Lipinski definition) is 2. The molecule has 2 aliphatic heterocycles. The first-order chi connectivity index (χ1) is 13.7. The van der Waals surface area contributed by atoms with Crippen LogP contribution >= 0.6 is 0 Å². The molecule has 4 heteroatoms. The number of hydrogen-bond acceptors (Lipinski definition) is 4. The molecule has 0 aromatic heterocycles. The zero-order chi connectivity index (χ0) is 19.6. The second-order valence-electron chi connectivity index (χ2n) is 7.97. The summed E-state index contributed by atoms with van der Waals surface area (Å²) in [5.74, 6) is 0. The molecule has 2 fully saturated rings. The molecule has 0 aliphatic carbocycles. The Morgan fingerprint density at radius 1 is 0.714 bits per heavy atom. The molecule has 0 unspecified atom stereocenters. The normalized spacial score (nSPS) is 18.4. The molecule has 0 radical (unpaired) electrons. The van der Waals surface area contributed by atoms with Gasteiger partial charge in [0.1, 0.15) is 0 Å². The highest BCUT2D eigenvalue weighted by molar-refractivity contribution is 5.25. The Morgan fingerprint density at radius 3 is 1.93 bits per heavy atom. The van der Waals surface area contributed by atoms with Gasteiger partial charge in [-0.2, -0.15) is 0 Å². The maximum atomic E-state index is 3.37. The van der Waals surface area contributed by atoms with Crippen molar-refractivity contribution in [2.24, 2.45) is 0 Å². The average molecular weight is 381 g/mol. The van der Waals surface area contributed by atoms with Crippen LogP contribution in [0.15, 0.2) is 48.5 Å². The third-order valence-corrected chi connectivity index (χ3v) is 5.56. The van der Waals surface area contributed by atoms with E-state index < -0.39 is 0 Å². The van der Waals surface area contributed by atoms with E-state index in [4.69, 9.17) is 0 Å². The zero-order valence-electron chi connectivity index (χ0n) is 17.6. The molecule has 0 spiro atoms. The summed E-state index contributed by atoms with van der Waals surface area (Å²) in [4.78, 5) is 5.02. The van der Waals surface area contributed by atoms with Gasteiger partial charge < -0.3 is 10.6 Å². The van der Waals surface area contributed by atoms with E-state index in [1.807, 2.05) is 0 Å². The highest BCUT2D eigenvalue weighted by Crippen LogP contribution is 2.10. The highest BCUT2D eigenvalue weighted by Gasteiger charge is 2.10. The SMILES string of the molecule is Cc1cccc(CN2CCNCC2)c1.Cc1ccccc1CN1CCNCC1. The molecule has 152 valence electrons. The Balaban J connectivity index is 0.000000161. The van der Waals surface area contributed by atoms with Crippen molar-refractivity contribution in [2.45, 2.75) is 26.9 Å². The first-order valence-corrected chi connectivity index (χ1v) is 10.7. The largest absolute Gasteiger partial charge is 0.314 e. The van der Waals surface area contributed by atoms with Gasteiger partial charge in [0.05, 0.1) is 0 Å². The van der Waals surface area contributed by atoms with Gasteiger partial charge >= 0.3 is 0 Å². The van der Waals surface area contributed by atoms with Gasteiger partial charge in [0, 0.05) is 65.4 Å². The van der Waals surface area contributed by atoms with Crippen LogP contribution in [-0.4, -0.2) is 62.2 Å². The van der Waals surface area contributed by atoms with Crippen molar-refractivity contribution < 1.29 is 0 Å². The summed E-state index contributed by atoms with van der Waals surface area (Å²) in [6.45, 7) is 15.8. The molecule has 0 amide bonds. The van der Waals surface area contributed by atoms with Crippen LogP contribution in [0.1, 0.15) is 22.3 Å². The fourth-order valence-corrected chi connectivity index (χ4v) is 3.84. The minimum absolute atomic E-state index is 1.10. The van der Waals surface area contributed by atoms with Gasteiger partial charge in [0.2, 0.25) is 0 Å². The monoisotopic (exact) mass is 380 g/mol. The van der Waals surface area contributed by atoms with E-state index in [1.165, 1.54) is 48.4 Å². The minimum atomic E-state index is 1.10. The summed E-state index contributed by atoms with van der Waals surface area (Å²) in [5.41, 5.74) is 5.67. The number of piperazine rings is 2. The average Bonchev–Trinajstić information content (AvgIpc) is 2.72. The topological polar surface area (TPSA) is 30.5 Å². The van der Waals surface area contributed by atoms with E-state index in [0.29, 0.717) is 0 Å². The Bertz CT molecular complexity index is 703. The number of nitrogens with one attached hydrogen (secondary N) is 2. The van der Waals surface area contributed by atoms with Gasteiger partial charge in [0.15, 0.2) is 0 Å². The number of benzene rings is 2. The van der Waals surface area contributed by atoms with Crippen molar-refractivity contribution in [1.82, 2.24) is 20.4 Å². The van der Waals surface area contributed by atoms with Crippen molar-refractivity contribution in [3.05, 3.63) is 70.8 Å². The van der Waals surface area contributed by atoms with Crippen molar-refractivity contribution in [3.8, 4) is 0 Å². The van der Waals surface area contributed by atoms with Crippen LogP contribution in [-0.2, 0) is 13.1 Å². The van der Waals surface area contributed by atoms with Crippen LogP contribution in [0.4, 0.5) is 0 Å². The predicted molar refractivity (Wildman–Crippen MR) is 119 cm³/mol. The van der Waals surface area contributed by atoms with Crippen LogP contribution in [0.5, 0.6) is 0 Å². The Labute approximate surface area is 170 Å². The van der Waals surface area contributed by atoms with Crippen molar-refractivity contribution in [2.75, 3.05) is 52.4 Å². The van der Waals surface area contributed by atoms with E-state index in [1.54, 1.807) is 0 Å². The van der Waals surface area contributed by atoms with Gasteiger partial charge in [0.25, 0.3) is 0 Å². The Morgan fingerprint density at radius 2 is 1.32 bits per heavy atom. The first kappa shape index (κ1) is 21.0. The molecular weight excluding hydrogens is 344 g/mol. The molecule has 2 saturated heterocycles. The predicted octanol–water partition coefficient (Wildman–Crippen LogP) is 2.80. The molecular formula is C24H36N4. The second-order valence-corrected chi connectivity index (χ2v) is 7.97. The van der Waals surface area contributed by atoms with E-state index in [2.05, 4.69) is 82.8 Å². The molecule has 2 heterocycles. The van der Waals surface area contributed by atoms with Crippen molar-refractivity contribution >= 4 is 0 Å². The van der Waals surface area contributed by atoms with Gasteiger partial charge in [-0.3, -0.25) is 9.80 Å². The Hall–Kier alpha value is -1.72. The van der Waals surface area contributed by atoms with Gasteiger partial charge in [-0.05, 0) is 30.5 Å². The van der Waals surface area contributed by atoms with Gasteiger partial charge in [-0.15, -0.1) is 0 Å². The fraction of sp³-hybridized carbons (Fsp3) is 0.500. The zero-order valence-corrected chi connectivity index (χ0v) is 17.6. The number of aryl methyl sites for hydroxylation is 2. The summed E-state index contributed by atoms with van der Waals surface area (Å²) in [7, 11) is 0. The number of rotatable bonds is 4. The third-order valence-electron chi connectivity index (χ3n) is 5.56. The summed E-state index contributed by atoms with van der Waals surface area (Å²) >= 11 is 0. The first-order valence-electron chi connectivity index (χ1n) is 10.7. The molecule has 2 aromatic carbocycles. The van der Waals surface area contributed by atoms with E-state index in [9.17, 15) is 0 Å². The quantitative estimate of drug-likeness (QED) is 0.854. The van der Waals surface area contributed by atoms with E-state index in [-0.39, 0.29) is 0 Å². The fourth-order valence-electron chi connectivity index (χ4n) is 3.84. The van der Waals surface area contributed by atoms with Crippen LogP contribution in [0.2, 0.25) is 0 Å². The molecule has 2 aromatic rings. The lowest BCUT2D eigenvalue weighted by Crippen LogP contribution is -2.42. The third kappa shape index (κ3) is 7.02. The molecule has 4 nitrogen and oxygen atoms in total. The molecule has 0 atom stereocenters. The summed E-state index contributed by atoms with van der Waals surface area (Å²) in [5, 5.41) is 6.74. The summed E-state index contributed by atoms with van der Waals surface area (Å²) < 4.78 is 0. The lowest BCUT2D eigenvalue weighted by molar-refractivity contribution is 0.233. The second kappa shape index (κ2) is 11.3. The van der Waals surface area contributed by atoms with E-state index >= 15 is 0 Å². The number of nitrogens with zero attached hydrogens (tertiary/aromatic N) is 2. The Kier molecular flexibility index (Phi) is 8.49. The molecule has 2 aliphatic rings. The maximum Gasteiger partial charge on any atom is 0.0237 e. The molecule has 4 rings (SSSR count). The summed E-state index contributed by atoms with van der Waals surface area (Å²) in [6, 6.07) is 17.5. The van der Waals surface area contributed by atoms with Crippen molar-refractivity contribution in [3.63, 3.8) is 0 Å². The molecule has 28 heavy (non-hydrogen) atoms. The molecule has 2 N–H and O–H groups in total. The van der Waals surface area contributed by atoms with Crippen LogP contribution < -0.4 is 10.6 Å². The molecule has 0 bridgehead atoms.